The van der Waals surface area contributed by atoms with Crippen LogP contribution in [-0.2, 0) is 4.79 Å². The van der Waals surface area contributed by atoms with Gasteiger partial charge in [-0.25, -0.2) is 13.2 Å². The molecule has 4 aliphatic rings. The number of nitrogens with one attached hydrogen (secondary N) is 1. The molecule has 0 saturated carbocycles. The first-order chi connectivity index (χ1) is 22.4. The molecule has 4 fully saturated rings. The Morgan fingerprint density at radius 1 is 1.15 bits per heavy atom. The predicted octanol–water partition coefficient (Wildman–Crippen LogP) is 4.54. The molecule has 0 amide bonds. The van der Waals surface area contributed by atoms with Crippen LogP contribution in [0.1, 0.15) is 37.7 Å². The molecule has 4 saturated heterocycles. The average molecular weight is 629 g/mol. The number of aromatic nitrogens is 3. The molecule has 4 atom stereocenters. The third kappa shape index (κ3) is 4.72. The van der Waals surface area contributed by atoms with Gasteiger partial charge in [0.25, 0.3) is 6.47 Å². The van der Waals surface area contributed by atoms with E-state index in [1.54, 1.807) is 0 Å². The number of fused-ring (bicyclic) bond motifs is 5. The maximum Gasteiger partial charge on any atom is 0.319 e. The standard InChI is InChI=1S/C34H31F3N6O3/c1-2-24-27(36)7-4-19-10-23(46-18-44)11-25(28(19)24)30-29(37)31-26(13-38-30)32(42-15-21-5-6-22(16-42)39-21)41-33(40-31)45-17-34-8-3-9-43(34)14-20(35)12-34/h1,4,7,10-11,13,18,20-22,39H,3,5-6,8-9,12,14-17H2/t20-,21?,22?,34+/m1/s1. The molecule has 4 aliphatic heterocycles. The number of piperazine rings is 1. The number of carbonyl (C=O) groups is 1. The summed E-state index contributed by atoms with van der Waals surface area (Å²) in [6, 6.07) is 6.16. The number of terminal acetylenes is 1. The summed E-state index contributed by atoms with van der Waals surface area (Å²) in [4.78, 5) is 29.3. The largest absolute Gasteiger partial charge is 0.461 e. The number of hydrogen-bond donors (Lipinski definition) is 1. The normalized spacial score (nSPS) is 25.6. The van der Waals surface area contributed by atoms with Crippen LogP contribution < -0.4 is 19.7 Å². The molecule has 2 bridgehead atoms. The summed E-state index contributed by atoms with van der Waals surface area (Å²) in [7, 11) is 0. The second-order valence-corrected chi connectivity index (χ2v) is 12.8. The molecule has 2 aromatic carbocycles. The van der Waals surface area contributed by atoms with Crippen molar-refractivity contribution in [3.05, 3.63) is 47.7 Å². The number of rotatable bonds is 7. The van der Waals surface area contributed by atoms with Crippen molar-refractivity contribution in [2.24, 2.45) is 0 Å². The molecule has 9 nitrogen and oxygen atoms in total. The number of halogens is 3. The first kappa shape index (κ1) is 29.0. The van der Waals surface area contributed by atoms with Crippen LogP contribution in [0.25, 0.3) is 32.9 Å². The van der Waals surface area contributed by atoms with Gasteiger partial charge in [-0.15, -0.1) is 6.42 Å². The van der Waals surface area contributed by atoms with Gasteiger partial charge < -0.3 is 19.7 Å². The molecule has 236 valence electrons. The number of anilines is 1. The van der Waals surface area contributed by atoms with Gasteiger partial charge in [-0.2, -0.15) is 9.97 Å². The number of pyridine rings is 1. The van der Waals surface area contributed by atoms with Crippen LogP contribution >= 0.6 is 0 Å². The molecule has 2 unspecified atom stereocenters. The fourth-order valence-corrected chi connectivity index (χ4v) is 8.00. The summed E-state index contributed by atoms with van der Waals surface area (Å²) in [5.74, 6) is 1.55. The van der Waals surface area contributed by atoms with Crippen LogP contribution in [0.4, 0.5) is 19.0 Å². The quantitative estimate of drug-likeness (QED) is 0.234. The van der Waals surface area contributed by atoms with Gasteiger partial charge in [-0.05, 0) is 55.8 Å². The van der Waals surface area contributed by atoms with Crippen LogP contribution in [0.5, 0.6) is 11.8 Å². The summed E-state index contributed by atoms with van der Waals surface area (Å²) in [6.07, 6.45) is 10.5. The molecule has 46 heavy (non-hydrogen) atoms. The first-order valence-corrected chi connectivity index (χ1v) is 15.6. The lowest BCUT2D eigenvalue weighted by Crippen LogP contribution is -2.51. The predicted molar refractivity (Wildman–Crippen MR) is 166 cm³/mol. The Morgan fingerprint density at radius 2 is 1.98 bits per heavy atom. The van der Waals surface area contributed by atoms with Gasteiger partial charge >= 0.3 is 6.01 Å². The Morgan fingerprint density at radius 3 is 2.76 bits per heavy atom. The molecule has 12 heteroatoms. The lowest BCUT2D eigenvalue weighted by molar-refractivity contribution is -0.120. The second kappa shape index (κ2) is 11.1. The van der Waals surface area contributed by atoms with Crippen molar-refractivity contribution < 1.29 is 27.4 Å². The Labute approximate surface area is 263 Å². The third-order valence-electron chi connectivity index (χ3n) is 10.0. The van der Waals surface area contributed by atoms with Crippen molar-refractivity contribution in [3.63, 3.8) is 0 Å². The van der Waals surface area contributed by atoms with Gasteiger partial charge in [-0.3, -0.25) is 14.7 Å². The summed E-state index contributed by atoms with van der Waals surface area (Å²) in [5.41, 5.74) is -0.548. The highest BCUT2D eigenvalue weighted by molar-refractivity contribution is 6.03. The van der Waals surface area contributed by atoms with Gasteiger partial charge in [0.2, 0.25) is 0 Å². The monoisotopic (exact) mass is 628 g/mol. The molecule has 0 radical (unpaired) electrons. The lowest BCUT2D eigenvalue weighted by Gasteiger charge is -2.34. The van der Waals surface area contributed by atoms with E-state index in [0.717, 1.165) is 32.2 Å². The summed E-state index contributed by atoms with van der Waals surface area (Å²) < 4.78 is 57.6. The number of nitrogens with zero attached hydrogens (tertiary/aromatic N) is 5. The summed E-state index contributed by atoms with van der Waals surface area (Å²) in [5, 5.41) is 4.69. The number of hydrogen-bond acceptors (Lipinski definition) is 9. The van der Waals surface area contributed by atoms with Crippen LogP contribution in [-0.4, -0.2) is 82.9 Å². The molecule has 0 spiro atoms. The molecule has 6 heterocycles. The van der Waals surface area contributed by atoms with E-state index in [1.165, 1.54) is 30.5 Å². The second-order valence-electron chi connectivity index (χ2n) is 12.8. The van der Waals surface area contributed by atoms with E-state index < -0.39 is 23.3 Å². The highest BCUT2D eigenvalue weighted by Gasteiger charge is 2.49. The molecule has 2 aromatic heterocycles. The molecule has 4 aromatic rings. The Kier molecular flexibility index (Phi) is 6.99. The van der Waals surface area contributed by atoms with Gasteiger partial charge in [0.1, 0.15) is 41.4 Å². The van der Waals surface area contributed by atoms with Gasteiger partial charge in [-0.1, -0.05) is 12.0 Å². The third-order valence-corrected chi connectivity index (χ3v) is 10.0. The van der Waals surface area contributed by atoms with Gasteiger partial charge in [0.05, 0.1) is 16.5 Å². The molecule has 8 rings (SSSR count). The van der Waals surface area contributed by atoms with E-state index >= 15 is 4.39 Å². The van der Waals surface area contributed by atoms with Crippen LogP contribution in [0.2, 0.25) is 0 Å². The number of benzene rings is 2. The topological polar surface area (TPSA) is 92.7 Å². The Balaban J connectivity index is 1.28. The van der Waals surface area contributed by atoms with Crippen molar-refractivity contribution in [1.82, 2.24) is 25.2 Å². The van der Waals surface area contributed by atoms with Crippen molar-refractivity contribution in [1.29, 1.82) is 0 Å². The van der Waals surface area contributed by atoms with Crippen molar-refractivity contribution in [2.45, 2.75) is 55.9 Å². The SMILES string of the molecule is C#Cc1c(F)ccc2cc(OC=O)cc(-c3ncc4c(N5CC6CCC(C5)N6)nc(OC[C@@]56CCCN5C[C@H](F)C6)nc4c3F)c12. The zero-order chi connectivity index (χ0) is 31.6. The van der Waals surface area contributed by atoms with Gasteiger partial charge in [0, 0.05) is 55.3 Å². The zero-order valence-corrected chi connectivity index (χ0v) is 24.9. The highest BCUT2D eigenvalue weighted by Crippen LogP contribution is 2.42. The lowest BCUT2D eigenvalue weighted by atomic mass is 9.95. The van der Waals surface area contributed by atoms with Crippen molar-refractivity contribution in [3.8, 4) is 35.4 Å². The van der Waals surface area contributed by atoms with E-state index in [-0.39, 0.29) is 64.6 Å². The van der Waals surface area contributed by atoms with E-state index in [0.29, 0.717) is 42.6 Å². The smallest absolute Gasteiger partial charge is 0.319 e. The van der Waals surface area contributed by atoms with E-state index in [4.69, 9.17) is 20.9 Å². The number of carbonyl (C=O) groups excluding carboxylic acids is 1. The number of alkyl halides is 1. The maximum absolute atomic E-state index is 16.9. The Bertz CT molecular complexity index is 1920. The minimum Gasteiger partial charge on any atom is -0.461 e. The molecule has 1 N–H and O–H groups in total. The maximum atomic E-state index is 16.9. The number of ether oxygens (including phenoxy) is 2. The molecule has 0 aliphatic carbocycles. The minimum atomic E-state index is -0.925. The fourth-order valence-electron chi connectivity index (χ4n) is 8.00. The summed E-state index contributed by atoms with van der Waals surface area (Å²) >= 11 is 0. The van der Waals surface area contributed by atoms with E-state index in [2.05, 4.69) is 31.0 Å². The zero-order valence-electron chi connectivity index (χ0n) is 24.9. The van der Waals surface area contributed by atoms with Crippen LogP contribution in [0, 0.1) is 24.0 Å². The molecular weight excluding hydrogens is 597 g/mol. The minimum absolute atomic E-state index is 0.00813. The average Bonchev–Trinajstić information content (AvgIpc) is 3.70. The summed E-state index contributed by atoms with van der Waals surface area (Å²) in [6.45, 7) is 2.97. The molecular formula is C34H31F3N6O3. The highest BCUT2D eigenvalue weighted by atomic mass is 19.1. The van der Waals surface area contributed by atoms with Crippen LogP contribution in [0.3, 0.4) is 0 Å². The Hall–Kier alpha value is -4.47. The fraction of sp³-hybridized carbons (Fsp3) is 0.412. The van der Waals surface area contributed by atoms with Gasteiger partial charge in [0.15, 0.2) is 5.82 Å². The van der Waals surface area contributed by atoms with E-state index in [9.17, 15) is 13.6 Å². The first-order valence-electron chi connectivity index (χ1n) is 15.6. The van der Waals surface area contributed by atoms with Crippen LogP contribution in [0.15, 0.2) is 30.5 Å². The van der Waals surface area contributed by atoms with E-state index in [1.807, 2.05) is 0 Å². The van der Waals surface area contributed by atoms with Crippen molar-refractivity contribution >= 4 is 34.0 Å². The van der Waals surface area contributed by atoms with Crippen molar-refractivity contribution in [2.75, 3.05) is 37.7 Å².